The highest BCUT2D eigenvalue weighted by Crippen LogP contribution is 2.26. The minimum absolute atomic E-state index is 0.0847. The van der Waals surface area contributed by atoms with E-state index in [0.29, 0.717) is 19.3 Å². The number of allylic oxidation sites excluding steroid dienone is 10. The Hall–Kier alpha value is -2.80. The number of unbranched alkanes of at least 4 members (excludes halogenated alkanes) is 6. The van der Waals surface area contributed by atoms with Gasteiger partial charge in [-0.25, -0.2) is 0 Å². The second-order valence-electron chi connectivity index (χ2n) is 14.8. The molecule has 15 heteroatoms. The van der Waals surface area contributed by atoms with Gasteiger partial charge in [0.2, 0.25) is 0 Å². The highest BCUT2D eigenvalue weighted by atomic mass is 16.7. The number of rotatable bonds is 30. The first-order valence-electron chi connectivity index (χ1n) is 21.4. The summed E-state index contributed by atoms with van der Waals surface area (Å²) in [5.74, 6) is -1.01. The Morgan fingerprint density at radius 2 is 1.07 bits per heavy atom. The lowest BCUT2D eigenvalue weighted by Gasteiger charge is -2.42. The van der Waals surface area contributed by atoms with E-state index in [1.54, 1.807) is 0 Å². The molecule has 15 nitrogen and oxygen atoms in total. The van der Waals surface area contributed by atoms with Gasteiger partial charge in [-0.3, -0.25) is 9.59 Å². The smallest absolute Gasteiger partial charge is 0.306 e. The van der Waals surface area contributed by atoms with E-state index in [1.807, 2.05) is 12.2 Å². The van der Waals surface area contributed by atoms with Gasteiger partial charge in [0.1, 0.15) is 55.4 Å². The molecule has 2 fully saturated rings. The molecule has 0 aromatic rings. The summed E-state index contributed by atoms with van der Waals surface area (Å²) in [7, 11) is 0. The van der Waals surface area contributed by atoms with Crippen molar-refractivity contribution in [1.29, 1.82) is 0 Å². The van der Waals surface area contributed by atoms with Crippen LogP contribution in [0.25, 0.3) is 0 Å². The summed E-state index contributed by atoms with van der Waals surface area (Å²) in [6.45, 7) is 2.29. The summed E-state index contributed by atoms with van der Waals surface area (Å²) >= 11 is 0. The molecule has 0 aromatic carbocycles. The number of aliphatic hydroxyl groups is 7. The molecular weight excluding hydrogens is 768 g/mol. The van der Waals surface area contributed by atoms with Crippen molar-refractivity contribution in [3.8, 4) is 0 Å². The number of esters is 2. The third-order valence-corrected chi connectivity index (χ3v) is 9.76. The number of aliphatic hydroxyl groups excluding tert-OH is 7. The average molecular weight is 841 g/mol. The molecule has 0 saturated carbocycles. The molecule has 59 heavy (non-hydrogen) atoms. The van der Waals surface area contributed by atoms with Crippen LogP contribution in [0.15, 0.2) is 60.8 Å². The fourth-order valence-corrected chi connectivity index (χ4v) is 6.19. The van der Waals surface area contributed by atoms with Gasteiger partial charge in [0.25, 0.3) is 0 Å². The lowest BCUT2D eigenvalue weighted by molar-refractivity contribution is -0.332. The predicted molar refractivity (Wildman–Crippen MR) is 219 cm³/mol. The molecule has 11 atom stereocenters. The zero-order valence-corrected chi connectivity index (χ0v) is 35.0. The van der Waals surface area contributed by atoms with Crippen molar-refractivity contribution in [2.24, 2.45) is 0 Å². The van der Waals surface area contributed by atoms with Crippen LogP contribution < -0.4 is 0 Å². The fraction of sp³-hybridized carbons (Fsp3) is 0.727. The second kappa shape index (κ2) is 32.0. The maximum absolute atomic E-state index is 12.8. The quantitative estimate of drug-likeness (QED) is 0.0310. The number of hydrogen-bond donors (Lipinski definition) is 7. The standard InChI is InChI=1S/C44H72O15/c1-3-5-7-9-11-12-13-14-15-16-17-18-19-20-21-23-25-27-36(47)57-32(29-54-35(46)26-24-22-10-8-6-4-2)30-55-43-42(53)40(51)38(49)34(59-43)31-56-44-41(52)39(50)37(48)33(28-45)58-44/h5,7,11-12,14-15,17-18,20-21,32-34,37-45,48-53H,3-4,6,8-10,13,16,19,22-31H2,1-2H3/b7-5-,12-11-,15-14-,18-17-,21-20-. The van der Waals surface area contributed by atoms with Crippen LogP contribution in [0.3, 0.4) is 0 Å². The van der Waals surface area contributed by atoms with Gasteiger partial charge in [0.15, 0.2) is 18.7 Å². The third kappa shape index (κ3) is 21.5. The van der Waals surface area contributed by atoms with Crippen molar-refractivity contribution in [2.75, 3.05) is 26.4 Å². The monoisotopic (exact) mass is 840 g/mol. The molecular formula is C44H72O15. The molecule has 2 heterocycles. The largest absolute Gasteiger partial charge is 0.462 e. The van der Waals surface area contributed by atoms with Crippen molar-refractivity contribution < 1.29 is 73.8 Å². The van der Waals surface area contributed by atoms with Crippen LogP contribution >= 0.6 is 0 Å². The topological polar surface area (TPSA) is 231 Å². The SMILES string of the molecule is CC/C=C\C/C=C\C/C=C\C/C=C\C/C=C\CCCC(=O)OC(COC(=O)CCCCCCCC)COC1OC(COC2OC(CO)C(O)C(O)C2O)C(O)C(O)C1O. The van der Waals surface area contributed by atoms with E-state index in [1.165, 1.54) is 0 Å². The lowest BCUT2D eigenvalue weighted by Crippen LogP contribution is -2.61. The van der Waals surface area contributed by atoms with E-state index in [4.69, 9.17) is 28.4 Å². The van der Waals surface area contributed by atoms with Crippen molar-refractivity contribution in [2.45, 2.75) is 178 Å². The zero-order chi connectivity index (χ0) is 43.3. The van der Waals surface area contributed by atoms with E-state index in [0.717, 1.165) is 64.2 Å². The number of ether oxygens (including phenoxy) is 6. The van der Waals surface area contributed by atoms with Crippen LogP contribution in [0.4, 0.5) is 0 Å². The maximum Gasteiger partial charge on any atom is 0.306 e. The maximum atomic E-state index is 12.8. The van der Waals surface area contributed by atoms with Crippen molar-refractivity contribution in [1.82, 2.24) is 0 Å². The molecule has 0 aliphatic carbocycles. The summed E-state index contributed by atoms with van der Waals surface area (Å²) in [4.78, 5) is 25.4. The van der Waals surface area contributed by atoms with E-state index >= 15 is 0 Å². The second-order valence-corrected chi connectivity index (χ2v) is 14.8. The first-order valence-corrected chi connectivity index (χ1v) is 21.4. The van der Waals surface area contributed by atoms with E-state index in [-0.39, 0.29) is 19.4 Å². The molecule has 0 spiro atoms. The summed E-state index contributed by atoms with van der Waals surface area (Å²) in [6.07, 6.45) is 16.0. The van der Waals surface area contributed by atoms with Crippen LogP contribution in [0, 0.1) is 0 Å². The zero-order valence-electron chi connectivity index (χ0n) is 35.0. The summed E-state index contributed by atoms with van der Waals surface area (Å²) < 4.78 is 33.2. The Labute approximate surface area is 350 Å². The molecule has 2 rings (SSSR count). The molecule has 0 amide bonds. The van der Waals surface area contributed by atoms with Crippen LogP contribution in [0.1, 0.15) is 110 Å². The molecule has 2 saturated heterocycles. The lowest BCUT2D eigenvalue weighted by atomic mass is 9.98. The van der Waals surface area contributed by atoms with Gasteiger partial charge >= 0.3 is 11.9 Å². The number of hydrogen-bond acceptors (Lipinski definition) is 15. The minimum atomic E-state index is -1.77. The van der Waals surface area contributed by atoms with Crippen LogP contribution in [-0.2, 0) is 38.0 Å². The van der Waals surface area contributed by atoms with Crippen molar-refractivity contribution in [3.63, 3.8) is 0 Å². The molecule has 0 aromatic heterocycles. The molecule has 11 unspecified atom stereocenters. The van der Waals surface area contributed by atoms with Gasteiger partial charge < -0.3 is 64.2 Å². The molecule has 7 N–H and O–H groups in total. The Morgan fingerprint density at radius 3 is 1.66 bits per heavy atom. The highest BCUT2D eigenvalue weighted by molar-refractivity contribution is 5.70. The molecule has 338 valence electrons. The van der Waals surface area contributed by atoms with Gasteiger partial charge in [-0.15, -0.1) is 0 Å². The number of carbonyl (C=O) groups excluding carboxylic acids is 2. The van der Waals surface area contributed by atoms with Crippen LogP contribution in [0.5, 0.6) is 0 Å². The van der Waals surface area contributed by atoms with Crippen molar-refractivity contribution >= 4 is 11.9 Å². The minimum Gasteiger partial charge on any atom is -0.462 e. The van der Waals surface area contributed by atoms with Crippen molar-refractivity contribution in [3.05, 3.63) is 60.8 Å². The molecule has 2 aliphatic rings. The Morgan fingerprint density at radius 1 is 0.559 bits per heavy atom. The van der Waals surface area contributed by atoms with E-state index < -0.39 is 99.3 Å². The Balaban J connectivity index is 1.88. The van der Waals surface area contributed by atoms with Gasteiger partial charge in [-0.2, -0.15) is 0 Å². The normalized spacial score (nSPS) is 28.4. The Bertz CT molecular complexity index is 1270. The molecule has 0 bridgehead atoms. The molecule has 0 radical (unpaired) electrons. The first-order chi connectivity index (χ1) is 28.5. The fourth-order valence-electron chi connectivity index (χ4n) is 6.19. The average Bonchev–Trinajstić information content (AvgIpc) is 3.23. The van der Waals surface area contributed by atoms with Crippen LogP contribution in [0.2, 0.25) is 0 Å². The van der Waals surface area contributed by atoms with E-state index in [9.17, 15) is 45.3 Å². The molecule has 2 aliphatic heterocycles. The van der Waals surface area contributed by atoms with Gasteiger partial charge in [0.05, 0.1) is 19.8 Å². The van der Waals surface area contributed by atoms with E-state index in [2.05, 4.69) is 62.5 Å². The summed E-state index contributed by atoms with van der Waals surface area (Å²) in [5.41, 5.74) is 0. The predicted octanol–water partition coefficient (Wildman–Crippen LogP) is 3.75. The summed E-state index contributed by atoms with van der Waals surface area (Å²) in [6, 6.07) is 0. The third-order valence-electron chi connectivity index (χ3n) is 9.76. The van der Waals surface area contributed by atoms with Gasteiger partial charge in [-0.1, -0.05) is 107 Å². The highest BCUT2D eigenvalue weighted by Gasteiger charge is 2.47. The summed E-state index contributed by atoms with van der Waals surface area (Å²) in [5, 5.41) is 71.6. The first kappa shape index (κ1) is 52.3. The van der Waals surface area contributed by atoms with Gasteiger partial charge in [-0.05, 0) is 51.4 Å². The van der Waals surface area contributed by atoms with Gasteiger partial charge in [0, 0.05) is 12.8 Å². The van der Waals surface area contributed by atoms with Crippen LogP contribution in [-0.4, -0.2) is 142 Å². The number of carbonyl (C=O) groups is 2. The Kier molecular flexibility index (Phi) is 28.4.